The summed E-state index contributed by atoms with van der Waals surface area (Å²) >= 11 is 0. The van der Waals surface area contributed by atoms with Gasteiger partial charge in [0, 0.05) is 25.3 Å². The number of allylic oxidation sites excluding steroid dienone is 1. The minimum Gasteiger partial charge on any atom is -0.424 e. The molecule has 1 unspecified atom stereocenters. The van der Waals surface area contributed by atoms with Gasteiger partial charge in [0.05, 0.1) is 11.4 Å². The van der Waals surface area contributed by atoms with Crippen molar-refractivity contribution in [3.8, 4) is 0 Å². The Kier molecular flexibility index (Phi) is 7.68. The van der Waals surface area contributed by atoms with Crippen molar-refractivity contribution < 1.29 is 4.42 Å². The van der Waals surface area contributed by atoms with E-state index >= 15 is 0 Å². The minimum absolute atomic E-state index is 0.0212. The monoisotopic (exact) mass is 379 g/mol. The van der Waals surface area contributed by atoms with Gasteiger partial charge in [0.1, 0.15) is 0 Å². The molecule has 4 nitrogen and oxygen atoms in total. The number of aromatic nitrogens is 1. The van der Waals surface area contributed by atoms with Gasteiger partial charge in [0.15, 0.2) is 5.42 Å². The molecular weight excluding hydrogens is 346 g/mol. The number of oxazole rings is 1. The van der Waals surface area contributed by atoms with Crippen molar-refractivity contribution in [1.29, 1.82) is 0 Å². The lowest BCUT2D eigenvalue weighted by molar-refractivity contribution is 0.434. The van der Waals surface area contributed by atoms with E-state index in [1.54, 1.807) is 0 Å². The average Bonchev–Trinajstić information content (AvgIpc) is 2.99. The van der Waals surface area contributed by atoms with Gasteiger partial charge in [0.2, 0.25) is 0 Å². The van der Waals surface area contributed by atoms with Crippen LogP contribution in [0.1, 0.15) is 40.2 Å². The van der Waals surface area contributed by atoms with Gasteiger partial charge >= 0.3 is 0 Å². The van der Waals surface area contributed by atoms with E-state index in [2.05, 4.69) is 63.1 Å². The van der Waals surface area contributed by atoms with Gasteiger partial charge in [-0.05, 0) is 64.0 Å². The summed E-state index contributed by atoms with van der Waals surface area (Å²) in [6, 6.07) is 8.50. The van der Waals surface area contributed by atoms with E-state index in [9.17, 15) is 0 Å². The second kappa shape index (κ2) is 9.98. The molecule has 0 aliphatic carbocycles. The summed E-state index contributed by atoms with van der Waals surface area (Å²) in [6.07, 6.45) is 5.88. The highest BCUT2D eigenvalue weighted by Crippen LogP contribution is 2.15. The molecule has 0 radical (unpaired) electrons. The molecule has 1 aromatic carbocycles. The molecule has 4 heteroatoms. The Morgan fingerprint density at radius 2 is 1.86 bits per heavy atom. The van der Waals surface area contributed by atoms with E-state index in [0.717, 1.165) is 41.5 Å². The lowest BCUT2D eigenvalue weighted by Crippen LogP contribution is -2.31. The third kappa shape index (κ3) is 4.75. The molecule has 0 bridgehead atoms. The van der Waals surface area contributed by atoms with Crippen LogP contribution in [-0.4, -0.2) is 23.7 Å². The second-order valence-electron chi connectivity index (χ2n) is 6.65. The maximum absolute atomic E-state index is 6.08. The Morgan fingerprint density at radius 1 is 1.21 bits per heavy atom. The maximum atomic E-state index is 6.08. The second-order valence-corrected chi connectivity index (χ2v) is 6.65. The molecule has 1 heterocycles. The Balaban J connectivity index is 2.48. The van der Waals surface area contributed by atoms with Crippen LogP contribution in [0.2, 0.25) is 0 Å². The predicted octanol–water partition coefficient (Wildman–Crippen LogP) is 3.61. The van der Waals surface area contributed by atoms with Gasteiger partial charge in [0.25, 0.3) is 5.68 Å². The van der Waals surface area contributed by atoms with Gasteiger partial charge in [-0.3, -0.25) is 4.57 Å². The summed E-state index contributed by atoms with van der Waals surface area (Å²) in [6.45, 7) is 21.3. The Labute approximate surface area is 168 Å². The van der Waals surface area contributed by atoms with Gasteiger partial charge in [-0.2, -0.15) is 0 Å². The van der Waals surface area contributed by atoms with Gasteiger partial charge in [-0.1, -0.05) is 37.4 Å². The van der Waals surface area contributed by atoms with Crippen LogP contribution in [0, 0.1) is 0 Å². The molecule has 150 valence electrons. The largest absolute Gasteiger partial charge is 0.424 e. The molecule has 28 heavy (non-hydrogen) atoms. The van der Waals surface area contributed by atoms with Crippen molar-refractivity contribution in [1.82, 2.24) is 4.57 Å². The first-order valence-corrected chi connectivity index (χ1v) is 10.1. The van der Waals surface area contributed by atoms with Crippen LogP contribution in [0.3, 0.4) is 0 Å². The summed E-state index contributed by atoms with van der Waals surface area (Å²) in [7, 11) is 0. The SMILES string of the molecule is C=C/C(=C\C)C(C)N=c1o/c(=C/c2ccc(N(CC)CC)cc2)c(=C)n1CC. The van der Waals surface area contributed by atoms with Crippen molar-refractivity contribution >= 4 is 18.3 Å². The fraction of sp³-hybridized carbons (Fsp3) is 0.375. The highest BCUT2D eigenvalue weighted by atomic mass is 16.3. The first-order chi connectivity index (χ1) is 13.5. The molecular formula is C24H33N3O. The van der Waals surface area contributed by atoms with E-state index in [0.29, 0.717) is 5.68 Å². The third-order valence-electron chi connectivity index (χ3n) is 5.03. The van der Waals surface area contributed by atoms with E-state index in [-0.39, 0.29) is 6.04 Å². The molecule has 0 N–H and O–H groups in total. The number of rotatable bonds is 8. The molecule has 1 atom stereocenters. The normalized spacial score (nSPS) is 14.4. The summed E-state index contributed by atoms with van der Waals surface area (Å²) in [5, 5.41) is 0.835. The van der Waals surface area contributed by atoms with Crippen molar-refractivity contribution in [2.24, 2.45) is 4.99 Å². The number of anilines is 1. The number of hydrogen-bond acceptors (Lipinski definition) is 3. The van der Waals surface area contributed by atoms with E-state index < -0.39 is 0 Å². The van der Waals surface area contributed by atoms with Gasteiger partial charge in [-0.15, -0.1) is 0 Å². The van der Waals surface area contributed by atoms with Crippen LogP contribution >= 0.6 is 0 Å². The molecule has 0 aliphatic rings. The third-order valence-corrected chi connectivity index (χ3v) is 5.03. The smallest absolute Gasteiger partial charge is 0.298 e. The Morgan fingerprint density at radius 3 is 2.36 bits per heavy atom. The lowest BCUT2D eigenvalue weighted by atomic mass is 10.1. The standard InChI is InChI=1S/C24H33N3O/c1-8-21(9-2)18(6)25-24-27(12-5)19(7)23(28-24)17-20-13-15-22(16-14-20)26(10-3)11-4/h8-9,13-18H,1,7,10-12H2,2-6H3/b21-9+,23-17+,25-24?. The zero-order chi connectivity index (χ0) is 20.7. The number of hydrogen-bond donors (Lipinski definition) is 0. The fourth-order valence-electron chi connectivity index (χ4n) is 3.29. The Bertz CT molecular complexity index is 986. The van der Waals surface area contributed by atoms with Crippen LogP contribution in [0.5, 0.6) is 0 Å². The van der Waals surface area contributed by atoms with E-state index in [1.807, 2.05) is 36.6 Å². The summed E-state index contributed by atoms with van der Waals surface area (Å²) in [5.41, 5.74) is 4.71. The molecule has 0 spiro atoms. The zero-order valence-corrected chi connectivity index (χ0v) is 17.9. The van der Waals surface area contributed by atoms with Crippen LogP contribution < -0.4 is 21.3 Å². The van der Waals surface area contributed by atoms with Crippen LogP contribution in [-0.2, 0) is 6.54 Å². The topological polar surface area (TPSA) is 33.7 Å². The number of nitrogens with zero attached hydrogens (tertiary/aromatic N) is 3. The van der Waals surface area contributed by atoms with Crippen LogP contribution in [0.15, 0.2) is 58.0 Å². The quantitative estimate of drug-likeness (QED) is 0.657. The first-order valence-electron chi connectivity index (χ1n) is 10.1. The zero-order valence-electron chi connectivity index (χ0n) is 17.9. The highest BCUT2D eigenvalue weighted by Gasteiger charge is 2.07. The molecule has 0 saturated carbocycles. The van der Waals surface area contributed by atoms with Gasteiger partial charge in [-0.25, -0.2) is 4.99 Å². The van der Waals surface area contributed by atoms with E-state index in [1.165, 1.54) is 5.69 Å². The maximum Gasteiger partial charge on any atom is 0.298 e. The first kappa shape index (κ1) is 21.5. The van der Waals surface area contributed by atoms with Crippen molar-refractivity contribution in [2.75, 3.05) is 18.0 Å². The van der Waals surface area contributed by atoms with Crippen LogP contribution in [0.25, 0.3) is 12.7 Å². The molecule has 0 amide bonds. The fourth-order valence-corrected chi connectivity index (χ4v) is 3.29. The van der Waals surface area contributed by atoms with Crippen LogP contribution in [0.4, 0.5) is 5.69 Å². The average molecular weight is 380 g/mol. The summed E-state index contributed by atoms with van der Waals surface area (Å²) in [5.74, 6) is 0. The predicted molar refractivity (Wildman–Crippen MR) is 120 cm³/mol. The molecule has 0 saturated heterocycles. The Hall–Kier alpha value is -2.75. The lowest BCUT2D eigenvalue weighted by Gasteiger charge is -2.20. The number of benzene rings is 1. The molecule has 2 rings (SSSR count). The highest BCUT2D eigenvalue weighted by molar-refractivity contribution is 5.55. The van der Waals surface area contributed by atoms with E-state index in [4.69, 9.17) is 9.41 Å². The minimum atomic E-state index is -0.0212. The molecule has 1 aromatic heterocycles. The molecule has 0 fully saturated rings. The van der Waals surface area contributed by atoms with Gasteiger partial charge < -0.3 is 9.32 Å². The summed E-state index contributed by atoms with van der Waals surface area (Å²) < 4.78 is 8.08. The molecule has 2 aromatic rings. The summed E-state index contributed by atoms with van der Waals surface area (Å²) in [4.78, 5) is 7.07. The molecule has 0 aliphatic heterocycles. The van der Waals surface area contributed by atoms with Crippen molar-refractivity contribution in [3.05, 3.63) is 70.6 Å². The van der Waals surface area contributed by atoms with Crippen molar-refractivity contribution in [3.63, 3.8) is 0 Å². The van der Waals surface area contributed by atoms with Crippen molar-refractivity contribution in [2.45, 2.75) is 47.2 Å².